The summed E-state index contributed by atoms with van der Waals surface area (Å²) < 4.78 is 5.46. The smallest absolute Gasteiger partial charge is 0.141 e. The number of nitriles is 1. The maximum absolute atomic E-state index is 9.34. The fraction of sp³-hybridized carbons (Fsp3) is 0.206. The van der Waals surface area contributed by atoms with Crippen LogP contribution in [-0.2, 0) is 6.42 Å². The number of aromatic nitrogens is 4. The molecule has 2 unspecified atom stereocenters. The third kappa shape index (κ3) is 4.71. The van der Waals surface area contributed by atoms with Gasteiger partial charge in [0.2, 0.25) is 0 Å². The molecule has 2 atom stereocenters. The van der Waals surface area contributed by atoms with Gasteiger partial charge in [-0.2, -0.15) is 5.26 Å². The lowest BCUT2D eigenvalue weighted by Crippen LogP contribution is -2.16. The number of rotatable bonds is 5. The third-order valence-electron chi connectivity index (χ3n) is 7.82. The van der Waals surface area contributed by atoms with Crippen LogP contribution in [0.3, 0.4) is 0 Å². The van der Waals surface area contributed by atoms with Crippen molar-refractivity contribution >= 4 is 5.57 Å². The molecule has 1 aliphatic carbocycles. The molecule has 0 radical (unpaired) electrons. The normalized spacial score (nSPS) is 15.4. The van der Waals surface area contributed by atoms with Gasteiger partial charge in [0.1, 0.15) is 17.5 Å². The first-order valence-corrected chi connectivity index (χ1v) is 13.5. The Morgan fingerprint density at radius 1 is 0.925 bits per heavy atom. The minimum atomic E-state index is 0.0695. The van der Waals surface area contributed by atoms with E-state index in [0.717, 1.165) is 57.9 Å². The Hall–Kier alpha value is -4.89. The monoisotopic (exact) mass is 523 g/mol. The Morgan fingerprint density at radius 2 is 1.75 bits per heavy atom. The maximum Gasteiger partial charge on any atom is 0.141 e. The highest BCUT2D eigenvalue weighted by Crippen LogP contribution is 2.42. The summed E-state index contributed by atoms with van der Waals surface area (Å²) in [6.45, 7) is 6.06. The molecule has 6 rings (SSSR count). The van der Waals surface area contributed by atoms with Crippen LogP contribution in [0.25, 0.3) is 16.7 Å². The predicted molar refractivity (Wildman–Crippen MR) is 154 cm³/mol. The first-order valence-electron chi connectivity index (χ1n) is 13.5. The highest BCUT2D eigenvalue weighted by Gasteiger charge is 2.30. The molecule has 6 heteroatoms. The van der Waals surface area contributed by atoms with Gasteiger partial charge in [0.05, 0.1) is 11.4 Å². The van der Waals surface area contributed by atoms with Gasteiger partial charge in [-0.3, -0.25) is 9.97 Å². The van der Waals surface area contributed by atoms with Gasteiger partial charge in [0.25, 0.3) is 0 Å². The largest absolute Gasteiger partial charge is 0.361 e. The molecule has 0 saturated carbocycles. The lowest BCUT2D eigenvalue weighted by molar-refractivity contribution is 0.393. The van der Waals surface area contributed by atoms with E-state index in [-0.39, 0.29) is 11.8 Å². The molecule has 0 amide bonds. The summed E-state index contributed by atoms with van der Waals surface area (Å²) in [6, 6.07) is 22.8. The van der Waals surface area contributed by atoms with Gasteiger partial charge in [0, 0.05) is 52.5 Å². The van der Waals surface area contributed by atoms with Gasteiger partial charge in [-0.25, -0.2) is 4.98 Å². The van der Waals surface area contributed by atoms with Gasteiger partial charge in [-0.15, -0.1) is 0 Å². The summed E-state index contributed by atoms with van der Waals surface area (Å²) in [5.74, 6) is 1.01. The number of pyridine rings is 3. The summed E-state index contributed by atoms with van der Waals surface area (Å²) in [5, 5.41) is 13.5. The van der Waals surface area contributed by atoms with Crippen LogP contribution in [-0.4, -0.2) is 20.1 Å². The molecule has 0 spiro atoms. The molecular formula is C34H29N5O. The van der Waals surface area contributed by atoms with Crippen molar-refractivity contribution in [2.24, 2.45) is 5.92 Å². The number of benzene rings is 1. The minimum Gasteiger partial charge on any atom is -0.361 e. The highest BCUT2D eigenvalue weighted by molar-refractivity contribution is 5.81. The summed E-state index contributed by atoms with van der Waals surface area (Å²) >= 11 is 0. The second-order valence-corrected chi connectivity index (χ2v) is 10.3. The van der Waals surface area contributed by atoms with Crippen molar-refractivity contribution in [3.05, 3.63) is 136 Å². The van der Waals surface area contributed by atoms with Crippen molar-refractivity contribution in [2.75, 3.05) is 0 Å². The third-order valence-corrected chi connectivity index (χ3v) is 7.82. The summed E-state index contributed by atoms with van der Waals surface area (Å²) in [5.41, 5.74) is 10.9. The zero-order valence-electron chi connectivity index (χ0n) is 22.8. The van der Waals surface area contributed by atoms with Gasteiger partial charge < -0.3 is 4.52 Å². The minimum absolute atomic E-state index is 0.0695. The van der Waals surface area contributed by atoms with Crippen LogP contribution in [0, 0.1) is 38.0 Å². The molecule has 0 aliphatic heterocycles. The second kappa shape index (κ2) is 10.7. The topological polar surface area (TPSA) is 88.5 Å². The van der Waals surface area contributed by atoms with E-state index < -0.39 is 0 Å². The van der Waals surface area contributed by atoms with Crippen molar-refractivity contribution < 1.29 is 4.52 Å². The quantitative estimate of drug-likeness (QED) is 0.243. The number of hydrogen-bond acceptors (Lipinski definition) is 6. The molecule has 6 nitrogen and oxygen atoms in total. The van der Waals surface area contributed by atoms with Gasteiger partial charge in [-0.05, 0) is 86.6 Å². The second-order valence-electron chi connectivity index (χ2n) is 10.3. The summed E-state index contributed by atoms with van der Waals surface area (Å²) in [4.78, 5) is 14.3. The number of aryl methyl sites for hydroxylation is 4. The van der Waals surface area contributed by atoms with Crippen LogP contribution in [0.4, 0.5) is 0 Å². The van der Waals surface area contributed by atoms with Crippen LogP contribution in [0.2, 0.25) is 0 Å². The zero-order chi connectivity index (χ0) is 27.6. The zero-order valence-corrected chi connectivity index (χ0v) is 22.8. The van der Waals surface area contributed by atoms with Crippen molar-refractivity contribution in [3.8, 4) is 17.2 Å². The van der Waals surface area contributed by atoms with E-state index in [0.29, 0.717) is 5.69 Å². The van der Waals surface area contributed by atoms with Gasteiger partial charge in [0.15, 0.2) is 0 Å². The lowest BCUT2D eigenvalue weighted by atomic mass is 9.78. The molecule has 4 aromatic heterocycles. The van der Waals surface area contributed by atoms with Crippen molar-refractivity contribution in [1.82, 2.24) is 20.1 Å². The molecule has 0 saturated heterocycles. The van der Waals surface area contributed by atoms with Crippen LogP contribution < -0.4 is 0 Å². The molecule has 0 N–H and O–H groups in total. The first-order chi connectivity index (χ1) is 19.5. The van der Waals surface area contributed by atoms with E-state index in [4.69, 9.17) is 14.5 Å². The summed E-state index contributed by atoms with van der Waals surface area (Å²) in [7, 11) is 0. The van der Waals surface area contributed by atoms with Crippen molar-refractivity contribution in [3.63, 3.8) is 0 Å². The van der Waals surface area contributed by atoms with E-state index in [1.165, 1.54) is 16.7 Å². The standard InChI is InChI=1S/C34H29N5O/c1-21-8-4-5-9-29(21)33(31-10-6-7-15-36-31)24-11-12-25-16-27(32-22(2)39-40-23(32)3)20-38-34(25)30(17-24)26-13-14-28(18-35)37-19-26/h4-10,13-17,19-20,24,33H,11-12H2,1-3H3. The average molecular weight is 524 g/mol. The fourth-order valence-electron chi connectivity index (χ4n) is 5.89. The number of fused-ring (bicyclic) bond motifs is 1. The Kier molecular flexibility index (Phi) is 6.79. The fourth-order valence-corrected chi connectivity index (χ4v) is 5.89. The molecule has 4 heterocycles. The van der Waals surface area contributed by atoms with Crippen molar-refractivity contribution in [1.29, 1.82) is 5.26 Å². The lowest BCUT2D eigenvalue weighted by Gasteiger charge is -2.26. The van der Waals surface area contributed by atoms with Gasteiger partial charge >= 0.3 is 0 Å². The van der Waals surface area contributed by atoms with Crippen LogP contribution in [0.15, 0.2) is 89.9 Å². The number of allylic oxidation sites excluding steroid dienone is 1. The molecule has 0 bridgehead atoms. The van der Waals surface area contributed by atoms with Crippen LogP contribution in [0.5, 0.6) is 0 Å². The van der Waals surface area contributed by atoms with Crippen LogP contribution >= 0.6 is 0 Å². The molecule has 5 aromatic rings. The Morgan fingerprint density at radius 3 is 2.45 bits per heavy atom. The molecule has 1 aromatic carbocycles. The Bertz CT molecular complexity index is 1730. The summed E-state index contributed by atoms with van der Waals surface area (Å²) in [6.07, 6.45) is 9.69. The molecular weight excluding hydrogens is 494 g/mol. The average Bonchev–Trinajstić information content (AvgIpc) is 3.21. The molecule has 196 valence electrons. The number of nitrogens with zero attached hydrogens (tertiary/aromatic N) is 5. The SMILES string of the molecule is Cc1ccccc1C(c1ccccn1)C1C=C(c2ccc(C#N)nc2)c2ncc(-c3c(C)noc3C)cc2CC1. The predicted octanol–water partition coefficient (Wildman–Crippen LogP) is 7.15. The van der Waals surface area contributed by atoms with Gasteiger partial charge in [-0.1, -0.05) is 41.6 Å². The van der Waals surface area contributed by atoms with E-state index in [1.54, 1.807) is 12.3 Å². The maximum atomic E-state index is 9.34. The molecule has 40 heavy (non-hydrogen) atoms. The Labute approximate surface area is 234 Å². The number of hydrogen-bond donors (Lipinski definition) is 0. The van der Waals surface area contributed by atoms with E-state index >= 15 is 0 Å². The highest BCUT2D eigenvalue weighted by atomic mass is 16.5. The van der Waals surface area contributed by atoms with Crippen molar-refractivity contribution in [2.45, 2.75) is 39.5 Å². The van der Waals surface area contributed by atoms with E-state index in [9.17, 15) is 5.26 Å². The van der Waals surface area contributed by atoms with Crippen LogP contribution in [0.1, 0.15) is 63.1 Å². The first kappa shape index (κ1) is 25.4. The van der Waals surface area contributed by atoms with E-state index in [2.05, 4.69) is 71.7 Å². The molecule has 0 fully saturated rings. The Balaban J connectivity index is 1.52. The van der Waals surface area contributed by atoms with E-state index in [1.807, 2.05) is 38.4 Å². The molecule has 1 aliphatic rings.